The fourth-order valence-corrected chi connectivity index (χ4v) is 1.12. The molecule has 1 heterocycles. The standard InChI is InChI=1S/C10H18N4O2/c1-10(2,3)16-9(15)6-11-5-8-13-12-7-14(8)4/h7,11H,5-6H2,1-4H3. The predicted octanol–water partition coefficient (Wildman–Crippen LogP) is 0.246. The average molecular weight is 226 g/mol. The van der Waals surface area contributed by atoms with Crippen LogP contribution in [0.25, 0.3) is 0 Å². The van der Waals surface area contributed by atoms with Gasteiger partial charge in [0.25, 0.3) is 0 Å². The number of hydrogen-bond donors (Lipinski definition) is 1. The van der Waals surface area contributed by atoms with E-state index >= 15 is 0 Å². The average Bonchev–Trinajstić information content (AvgIpc) is 2.48. The van der Waals surface area contributed by atoms with Gasteiger partial charge in [0.2, 0.25) is 0 Å². The molecule has 0 bridgehead atoms. The predicted molar refractivity (Wildman–Crippen MR) is 58.6 cm³/mol. The highest BCUT2D eigenvalue weighted by Gasteiger charge is 2.15. The molecule has 16 heavy (non-hydrogen) atoms. The molecule has 1 rings (SSSR count). The minimum absolute atomic E-state index is 0.171. The Morgan fingerprint density at radius 3 is 2.75 bits per heavy atom. The lowest BCUT2D eigenvalue weighted by molar-refractivity contribution is -0.153. The van der Waals surface area contributed by atoms with Gasteiger partial charge in [0.05, 0.1) is 13.1 Å². The van der Waals surface area contributed by atoms with E-state index in [0.29, 0.717) is 6.54 Å². The number of carbonyl (C=O) groups is 1. The molecule has 0 aliphatic rings. The van der Waals surface area contributed by atoms with Crippen LogP contribution >= 0.6 is 0 Å². The van der Waals surface area contributed by atoms with Crippen LogP contribution in [0.4, 0.5) is 0 Å². The second kappa shape index (κ2) is 5.07. The Balaban J connectivity index is 2.26. The van der Waals surface area contributed by atoms with E-state index < -0.39 is 5.60 Å². The van der Waals surface area contributed by atoms with Crippen LogP contribution in [0.1, 0.15) is 26.6 Å². The topological polar surface area (TPSA) is 69.0 Å². The van der Waals surface area contributed by atoms with E-state index in [1.165, 1.54) is 0 Å². The SMILES string of the molecule is Cn1cnnc1CNCC(=O)OC(C)(C)C. The van der Waals surface area contributed by atoms with Crippen LogP contribution in [-0.4, -0.2) is 32.9 Å². The van der Waals surface area contributed by atoms with Gasteiger partial charge < -0.3 is 9.30 Å². The maximum atomic E-state index is 11.3. The number of rotatable bonds is 4. The first-order chi connectivity index (χ1) is 7.38. The number of ether oxygens (including phenoxy) is 1. The van der Waals surface area contributed by atoms with E-state index in [-0.39, 0.29) is 12.5 Å². The Bertz CT molecular complexity index is 354. The summed E-state index contributed by atoms with van der Waals surface area (Å²) in [6, 6.07) is 0. The third-order valence-electron chi connectivity index (χ3n) is 1.78. The second-order valence-electron chi connectivity index (χ2n) is 4.55. The molecule has 0 aromatic carbocycles. The maximum absolute atomic E-state index is 11.3. The highest BCUT2D eigenvalue weighted by Crippen LogP contribution is 2.06. The molecule has 6 heteroatoms. The monoisotopic (exact) mass is 226 g/mol. The van der Waals surface area contributed by atoms with Crippen molar-refractivity contribution in [3.63, 3.8) is 0 Å². The lowest BCUT2D eigenvalue weighted by Crippen LogP contribution is -2.31. The first-order valence-electron chi connectivity index (χ1n) is 5.14. The van der Waals surface area contributed by atoms with Crippen molar-refractivity contribution >= 4 is 5.97 Å². The van der Waals surface area contributed by atoms with Gasteiger partial charge in [-0.05, 0) is 20.8 Å². The molecule has 0 saturated carbocycles. The minimum Gasteiger partial charge on any atom is -0.459 e. The molecule has 6 nitrogen and oxygen atoms in total. The molecule has 1 N–H and O–H groups in total. The molecule has 1 aromatic rings. The van der Waals surface area contributed by atoms with Gasteiger partial charge in [-0.25, -0.2) is 0 Å². The zero-order valence-corrected chi connectivity index (χ0v) is 10.1. The lowest BCUT2D eigenvalue weighted by atomic mass is 10.2. The Hall–Kier alpha value is -1.43. The van der Waals surface area contributed by atoms with Crippen molar-refractivity contribution in [2.45, 2.75) is 32.9 Å². The normalized spacial score (nSPS) is 11.5. The first-order valence-corrected chi connectivity index (χ1v) is 5.14. The van der Waals surface area contributed by atoms with Crippen LogP contribution in [0.15, 0.2) is 6.33 Å². The Morgan fingerprint density at radius 2 is 2.25 bits per heavy atom. The van der Waals surface area contributed by atoms with Crippen molar-refractivity contribution in [3.05, 3.63) is 12.2 Å². The van der Waals surface area contributed by atoms with Gasteiger partial charge in [0.15, 0.2) is 0 Å². The molecule has 0 aliphatic carbocycles. The summed E-state index contributed by atoms with van der Waals surface area (Å²) in [5.74, 6) is 0.512. The summed E-state index contributed by atoms with van der Waals surface area (Å²) in [5.41, 5.74) is -0.441. The number of hydrogen-bond acceptors (Lipinski definition) is 5. The van der Waals surface area contributed by atoms with Crippen LogP contribution in [0, 0.1) is 0 Å². The van der Waals surface area contributed by atoms with Crippen LogP contribution in [0.5, 0.6) is 0 Å². The molecule has 0 atom stereocenters. The fraction of sp³-hybridized carbons (Fsp3) is 0.700. The van der Waals surface area contributed by atoms with Crippen LogP contribution in [-0.2, 0) is 23.1 Å². The van der Waals surface area contributed by atoms with E-state index in [1.54, 1.807) is 10.9 Å². The number of esters is 1. The number of aryl methyl sites for hydroxylation is 1. The summed E-state index contributed by atoms with van der Waals surface area (Å²) >= 11 is 0. The van der Waals surface area contributed by atoms with Gasteiger partial charge in [-0.15, -0.1) is 10.2 Å². The number of nitrogens with one attached hydrogen (secondary N) is 1. The summed E-state index contributed by atoms with van der Waals surface area (Å²) in [6.45, 7) is 6.19. The van der Waals surface area contributed by atoms with Gasteiger partial charge in [0.1, 0.15) is 17.8 Å². The third kappa shape index (κ3) is 4.39. The number of nitrogens with zero attached hydrogens (tertiary/aromatic N) is 3. The molecule has 90 valence electrons. The van der Waals surface area contributed by atoms with Crippen molar-refractivity contribution in [2.75, 3.05) is 6.54 Å². The molecular formula is C10H18N4O2. The fourth-order valence-electron chi connectivity index (χ4n) is 1.12. The second-order valence-corrected chi connectivity index (χ2v) is 4.55. The number of carbonyl (C=O) groups excluding carboxylic acids is 1. The summed E-state index contributed by atoms with van der Waals surface area (Å²) < 4.78 is 6.94. The first kappa shape index (κ1) is 12.6. The molecule has 0 radical (unpaired) electrons. The lowest BCUT2D eigenvalue weighted by Gasteiger charge is -2.19. The zero-order chi connectivity index (χ0) is 12.2. The Morgan fingerprint density at radius 1 is 1.56 bits per heavy atom. The van der Waals surface area contributed by atoms with Crippen LogP contribution in [0.2, 0.25) is 0 Å². The third-order valence-corrected chi connectivity index (χ3v) is 1.78. The van der Waals surface area contributed by atoms with Crippen molar-refractivity contribution < 1.29 is 9.53 Å². The van der Waals surface area contributed by atoms with E-state index in [0.717, 1.165) is 5.82 Å². The van der Waals surface area contributed by atoms with E-state index in [2.05, 4.69) is 15.5 Å². The van der Waals surface area contributed by atoms with Gasteiger partial charge >= 0.3 is 5.97 Å². The smallest absolute Gasteiger partial charge is 0.320 e. The maximum Gasteiger partial charge on any atom is 0.320 e. The van der Waals surface area contributed by atoms with E-state index in [9.17, 15) is 4.79 Å². The Labute approximate surface area is 95.0 Å². The summed E-state index contributed by atoms with van der Waals surface area (Å²) in [5, 5.41) is 10.6. The molecule has 0 saturated heterocycles. The highest BCUT2D eigenvalue weighted by molar-refractivity contribution is 5.72. The molecule has 0 amide bonds. The minimum atomic E-state index is -0.441. The zero-order valence-electron chi connectivity index (χ0n) is 10.1. The van der Waals surface area contributed by atoms with Crippen LogP contribution < -0.4 is 5.32 Å². The van der Waals surface area contributed by atoms with Crippen molar-refractivity contribution in [3.8, 4) is 0 Å². The molecule has 0 fully saturated rings. The molecule has 0 aliphatic heterocycles. The van der Waals surface area contributed by atoms with Crippen LogP contribution in [0.3, 0.4) is 0 Å². The van der Waals surface area contributed by atoms with Crippen molar-refractivity contribution in [1.29, 1.82) is 0 Å². The summed E-state index contributed by atoms with van der Waals surface area (Å²) in [6.07, 6.45) is 1.62. The van der Waals surface area contributed by atoms with Gasteiger partial charge in [0, 0.05) is 7.05 Å². The van der Waals surface area contributed by atoms with Crippen molar-refractivity contribution in [1.82, 2.24) is 20.1 Å². The number of aromatic nitrogens is 3. The van der Waals surface area contributed by atoms with Crippen molar-refractivity contribution in [2.24, 2.45) is 7.05 Å². The largest absolute Gasteiger partial charge is 0.459 e. The van der Waals surface area contributed by atoms with E-state index in [1.807, 2.05) is 27.8 Å². The molecular weight excluding hydrogens is 208 g/mol. The Kier molecular flexibility index (Phi) is 4.00. The summed E-state index contributed by atoms with van der Waals surface area (Å²) in [4.78, 5) is 11.3. The van der Waals surface area contributed by atoms with Gasteiger partial charge in [-0.1, -0.05) is 0 Å². The summed E-state index contributed by atoms with van der Waals surface area (Å²) in [7, 11) is 1.85. The quantitative estimate of drug-likeness (QED) is 0.745. The van der Waals surface area contributed by atoms with E-state index in [4.69, 9.17) is 4.74 Å². The molecule has 0 unspecified atom stereocenters. The van der Waals surface area contributed by atoms with Gasteiger partial charge in [-0.2, -0.15) is 0 Å². The van der Waals surface area contributed by atoms with Gasteiger partial charge in [-0.3, -0.25) is 10.1 Å². The molecule has 0 spiro atoms. The highest BCUT2D eigenvalue weighted by atomic mass is 16.6. The molecule has 1 aromatic heterocycles.